The van der Waals surface area contributed by atoms with Gasteiger partial charge in [-0.3, -0.25) is 0 Å². The van der Waals surface area contributed by atoms with Gasteiger partial charge in [0.1, 0.15) is 17.7 Å². The lowest BCUT2D eigenvalue weighted by molar-refractivity contribution is 0.616. The van der Waals surface area contributed by atoms with Gasteiger partial charge in [0, 0.05) is 11.6 Å². The maximum Gasteiger partial charge on any atom is 0.165 e. The summed E-state index contributed by atoms with van der Waals surface area (Å²) in [6.07, 6.45) is 3.28. The number of benzene rings is 1. The Kier molecular flexibility index (Phi) is 2.33. The summed E-state index contributed by atoms with van der Waals surface area (Å²) in [5.74, 6) is 0.982. The zero-order valence-corrected chi connectivity index (χ0v) is 10.3. The molecule has 17 heavy (non-hydrogen) atoms. The quantitative estimate of drug-likeness (QED) is 0.747. The molecule has 84 valence electrons. The molecule has 4 nitrogen and oxygen atoms in total. The van der Waals surface area contributed by atoms with Gasteiger partial charge in [0.25, 0.3) is 0 Å². The summed E-state index contributed by atoms with van der Waals surface area (Å²) in [5.41, 5.74) is 7.40. The highest BCUT2D eigenvalue weighted by Gasteiger charge is 2.11. The monoisotopic (exact) mass is 289 g/mol. The number of hydrogen-bond donors (Lipinski definition) is 1. The summed E-state index contributed by atoms with van der Waals surface area (Å²) >= 11 is 3.27. The van der Waals surface area contributed by atoms with Crippen molar-refractivity contribution in [3.63, 3.8) is 0 Å². The number of nitrogens with zero attached hydrogens (tertiary/aromatic N) is 2. The number of hydrogen-bond acceptors (Lipinski definition) is 4. The predicted octanol–water partition coefficient (Wildman–Crippen LogP) is 3.23. The first-order chi connectivity index (χ1) is 8.25. The van der Waals surface area contributed by atoms with E-state index in [1.165, 1.54) is 0 Å². The molecule has 0 radical (unpaired) electrons. The highest BCUT2D eigenvalue weighted by molar-refractivity contribution is 9.10. The topological polar surface area (TPSA) is 64.9 Å². The fourth-order valence-corrected chi connectivity index (χ4v) is 1.85. The fraction of sp³-hybridized carbons (Fsp3) is 0. The lowest BCUT2D eigenvalue weighted by Gasteiger charge is -2.00. The first-order valence-electron chi connectivity index (χ1n) is 5.00. The van der Waals surface area contributed by atoms with Gasteiger partial charge in [-0.2, -0.15) is 0 Å². The lowest BCUT2D eigenvalue weighted by atomic mass is 10.1. The summed E-state index contributed by atoms with van der Waals surface area (Å²) < 4.78 is 6.13. The second kappa shape index (κ2) is 3.85. The summed E-state index contributed by atoms with van der Waals surface area (Å²) in [6, 6.07) is 7.74. The molecule has 0 spiro atoms. The largest absolute Gasteiger partial charge is 0.464 e. The zero-order chi connectivity index (χ0) is 11.8. The lowest BCUT2D eigenvalue weighted by Crippen LogP contribution is -1.95. The van der Waals surface area contributed by atoms with Crippen LogP contribution in [0.5, 0.6) is 0 Å². The van der Waals surface area contributed by atoms with Gasteiger partial charge in [-0.25, -0.2) is 9.97 Å². The van der Waals surface area contributed by atoms with Crippen LogP contribution in [0.25, 0.3) is 22.4 Å². The third-order valence-corrected chi connectivity index (χ3v) is 3.10. The van der Waals surface area contributed by atoms with Crippen molar-refractivity contribution >= 4 is 32.7 Å². The molecule has 0 aliphatic heterocycles. The van der Waals surface area contributed by atoms with Crippen LogP contribution in [0.2, 0.25) is 0 Å². The molecule has 0 atom stereocenters. The standard InChI is InChI=1S/C12H8BrN3O/c13-9-5-15-12(16-11(9)14)8-6-17-10-4-2-1-3-7(8)10/h1-6H,(H2,14,15,16). The minimum absolute atomic E-state index is 0.417. The van der Waals surface area contributed by atoms with Crippen molar-refractivity contribution in [3.05, 3.63) is 41.2 Å². The highest BCUT2D eigenvalue weighted by atomic mass is 79.9. The Morgan fingerprint density at radius 3 is 2.88 bits per heavy atom. The van der Waals surface area contributed by atoms with Crippen LogP contribution in [0.4, 0.5) is 5.82 Å². The SMILES string of the molecule is Nc1nc(-c2coc3ccccc23)ncc1Br. The number of halogens is 1. The molecule has 1 aromatic carbocycles. The van der Waals surface area contributed by atoms with Gasteiger partial charge in [0.2, 0.25) is 0 Å². The number of nitrogen functional groups attached to an aromatic ring is 1. The molecule has 0 fully saturated rings. The molecule has 3 aromatic rings. The Morgan fingerprint density at radius 2 is 2.06 bits per heavy atom. The van der Waals surface area contributed by atoms with Crippen molar-refractivity contribution in [3.8, 4) is 11.4 Å². The van der Waals surface area contributed by atoms with E-state index in [4.69, 9.17) is 10.2 Å². The Hall–Kier alpha value is -1.88. The van der Waals surface area contributed by atoms with Crippen LogP contribution in [-0.4, -0.2) is 9.97 Å². The molecule has 0 bridgehead atoms. The van der Waals surface area contributed by atoms with Crippen molar-refractivity contribution < 1.29 is 4.42 Å². The molecule has 0 aliphatic rings. The van der Waals surface area contributed by atoms with E-state index >= 15 is 0 Å². The number of furan rings is 1. The smallest absolute Gasteiger partial charge is 0.165 e. The molecular formula is C12H8BrN3O. The highest BCUT2D eigenvalue weighted by Crippen LogP contribution is 2.29. The maximum absolute atomic E-state index is 5.74. The molecule has 2 aromatic heterocycles. The van der Waals surface area contributed by atoms with Gasteiger partial charge in [0.15, 0.2) is 5.82 Å². The molecule has 3 rings (SSSR count). The van der Waals surface area contributed by atoms with E-state index < -0.39 is 0 Å². The third-order valence-electron chi connectivity index (χ3n) is 2.49. The third kappa shape index (κ3) is 1.68. The summed E-state index contributed by atoms with van der Waals surface area (Å²) in [6.45, 7) is 0. The minimum Gasteiger partial charge on any atom is -0.464 e. The zero-order valence-electron chi connectivity index (χ0n) is 8.72. The van der Waals surface area contributed by atoms with Crippen molar-refractivity contribution in [1.82, 2.24) is 9.97 Å². The van der Waals surface area contributed by atoms with Gasteiger partial charge in [0.05, 0.1) is 10.0 Å². The van der Waals surface area contributed by atoms with Gasteiger partial charge in [-0.05, 0) is 22.0 Å². The first kappa shape index (κ1) is 10.3. The van der Waals surface area contributed by atoms with Crippen molar-refractivity contribution in [2.75, 3.05) is 5.73 Å². The number of rotatable bonds is 1. The minimum atomic E-state index is 0.417. The van der Waals surface area contributed by atoms with Crippen LogP contribution >= 0.6 is 15.9 Å². The Bertz CT molecular complexity index is 693. The number of anilines is 1. The number of aromatic nitrogens is 2. The van der Waals surface area contributed by atoms with Gasteiger partial charge < -0.3 is 10.2 Å². The normalized spacial score (nSPS) is 10.9. The molecule has 0 amide bonds. The first-order valence-corrected chi connectivity index (χ1v) is 5.79. The van der Waals surface area contributed by atoms with E-state index in [1.54, 1.807) is 12.5 Å². The molecular weight excluding hydrogens is 282 g/mol. The summed E-state index contributed by atoms with van der Waals surface area (Å²) in [7, 11) is 0. The maximum atomic E-state index is 5.74. The van der Waals surface area contributed by atoms with E-state index in [1.807, 2.05) is 24.3 Å². The molecule has 2 heterocycles. The van der Waals surface area contributed by atoms with Gasteiger partial charge in [-0.1, -0.05) is 18.2 Å². The number of fused-ring (bicyclic) bond motifs is 1. The van der Waals surface area contributed by atoms with Crippen LogP contribution in [0.3, 0.4) is 0 Å². The second-order valence-electron chi connectivity index (χ2n) is 3.57. The average molecular weight is 290 g/mol. The molecule has 0 saturated heterocycles. The molecule has 0 saturated carbocycles. The second-order valence-corrected chi connectivity index (χ2v) is 4.43. The van der Waals surface area contributed by atoms with Crippen LogP contribution in [0, 0.1) is 0 Å². The van der Waals surface area contributed by atoms with Gasteiger partial charge in [-0.15, -0.1) is 0 Å². The number of para-hydroxylation sites is 1. The Balaban J connectivity index is 2.24. The van der Waals surface area contributed by atoms with Crippen LogP contribution < -0.4 is 5.73 Å². The summed E-state index contributed by atoms with van der Waals surface area (Å²) in [4.78, 5) is 8.46. The van der Waals surface area contributed by atoms with E-state index in [9.17, 15) is 0 Å². The van der Waals surface area contributed by atoms with Gasteiger partial charge >= 0.3 is 0 Å². The van der Waals surface area contributed by atoms with Crippen molar-refractivity contribution in [2.24, 2.45) is 0 Å². The van der Waals surface area contributed by atoms with Crippen molar-refractivity contribution in [2.45, 2.75) is 0 Å². The summed E-state index contributed by atoms with van der Waals surface area (Å²) in [5, 5.41) is 0.981. The van der Waals surface area contributed by atoms with Crippen molar-refractivity contribution in [1.29, 1.82) is 0 Å². The Morgan fingerprint density at radius 1 is 1.24 bits per heavy atom. The molecule has 5 heteroatoms. The fourth-order valence-electron chi connectivity index (χ4n) is 1.66. The average Bonchev–Trinajstić information content (AvgIpc) is 2.76. The van der Waals surface area contributed by atoms with Crippen LogP contribution in [-0.2, 0) is 0 Å². The Labute approximate surface area is 106 Å². The predicted molar refractivity (Wildman–Crippen MR) is 69.4 cm³/mol. The van der Waals surface area contributed by atoms with Crippen LogP contribution in [0.1, 0.15) is 0 Å². The van der Waals surface area contributed by atoms with Crippen LogP contribution in [0.15, 0.2) is 45.6 Å². The molecule has 2 N–H and O–H groups in total. The molecule has 0 unspecified atom stereocenters. The van der Waals surface area contributed by atoms with E-state index in [2.05, 4.69) is 25.9 Å². The van der Waals surface area contributed by atoms with E-state index in [0.29, 0.717) is 16.1 Å². The van der Waals surface area contributed by atoms with E-state index in [0.717, 1.165) is 16.5 Å². The number of nitrogens with two attached hydrogens (primary N) is 1. The molecule has 0 aliphatic carbocycles. The van der Waals surface area contributed by atoms with E-state index in [-0.39, 0.29) is 0 Å².